The van der Waals surface area contributed by atoms with Gasteiger partial charge in [0, 0.05) is 12.7 Å². The van der Waals surface area contributed by atoms with Gasteiger partial charge in [0.05, 0.1) is 17.3 Å². The van der Waals surface area contributed by atoms with Crippen molar-refractivity contribution in [2.45, 2.75) is 20.8 Å². The normalized spacial score (nSPS) is 11.6. The number of carbonyl (C=O) groups excluding carboxylic acids is 1. The number of hydrogen-bond donors (Lipinski definition) is 1. The fourth-order valence-electron chi connectivity index (χ4n) is 2.21. The van der Waals surface area contributed by atoms with Crippen molar-refractivity contribution >= 4 is 17.4 Å². The predicted molar refractivity (Wildman–Crippen MR) is 78.2 cm³/mol. The van der Waals surface area contributed by atoms with E-state index in [0.29, 0.717) is 17.6 Å². The molecule has 2 rings (SSSR count). The lowest BCUT2D eigenvalue weighted by atomic mass is 9.95. The van der Waals surface area contributed by atoms with Crippen LogP contribution in [0.15, 0.2) is 30.6 Å². The molecule has 0 aliphatic rings. The standard InChI is InChI=1S/C15H19N3O3/c1-15(2,3)10-17(9-13(19)20)14(21)11-8-16-18-7-5-4-6-12(11)18/h4-8H,9-10H2,1-3H3,(H,19,20). The number of aliphatic carboxylic acids is 1. The number of carboxylic acids is 1. The number of rotatable bonds is 4. The summed E-state index contributed by atoms with van der Waals surface area (Å²) in [5.41, 5.74) is 0.904. The van der Waals surface area contributed by atoms with E-state index in [4.69, 9.17) is 5.11 Å². The largest absolute Gasteiger partial charge is 0.480 e. The first-order valence-electron chi connectivity index (χ1n) is 6.71. The summed E-state index contributed by atoms with van der Waals surface area (Å²) >= 11 is 0. The van der Waals surface area contributed by atoms with Gasteiger partial charge in [-0.25, -0.2) is 4.52 Å². The monoisotopic (exact) mass is 289 g/mol. The van der Waals surface area contributed by atoms with Crippen molar-refractivity contribution in [1.29, 1.82) is 0 Å². The first kappa shape index (κ1) is 15.0. The maximum absolute atomic E-state index is 12.6. The minimum absolute atomic E-state index is 0.186. The average molecular weight is 289 g/mol. The topological polar surface area (TPSA) is 74.9 Å². The van der Waals surface area contributed by atoms with E-state index in [1.807, 2.05) is 32.9 Å². The van der Waals surface area contributed by atoms with Crippen LogP contribution in [0.4, 0.5) is 0 Å². The lowest BCUT2D eigenvalue weighted by Gasteiger charge is -2.28. The van der Waals surface area contributed by atoms with Crippen molar-refractivity contribution in [3.05, 3.63) is 36.2 Å². The van der Waals surface area contributed by atoms with Crippen LogP contribution in [-0.2, 0) is 4.79 Å². The Balaban J connectivity index is 2.35. The van der Waals surface area contributed by atoms with Crippen molar-refractivity contribution in [3.63, 3.8) is 0 Å². The Hall–Kier alpha value is -2.37. The molecule has 0 aliphatic heterocycles. The molecule has 2 aromatic rings. The summed E-state index contributed by atoms with van der Waals surface area (Å²) in [6.07, 6.45) is 3.23. The Morgan fingerprint density at radius 2 is 2.05 bits per heavy atom. The zero-order chi connectivity index (χ0) is 15.6. The van der Waals surface area contributed by atoms with Gasteiger partial charge in [-0.3, -0.25) is 9.59 Å². The summed E-state index contributed by atoms with van der Waals surface area (Å²) in [5, 5.41) is 13.1. The first-order valence-corrected chi connectivity index (χ1v) is 6.71. The fourth-order valence-corrected chi connectivity index (χ4v) is 2.21. The van der Waals surface area contributed by atoms with Gasteiger partial charge in [0.1, 0.15) is 6.54 Å². The summed E-state index contributed by atoms with van der Waals surface area (Å²) in [6.45, 7) is 5.93. The molecule has 0 atom stereocenters. The fraction of sp³-hybridized carbons (Fsp3) is 0.400. The first-order chi connectivity index (χ1) is 9.78. The molecule has 0 saturated carbocycles. The molecular formula is C15H19N3O3. The summed E-state index contributed by atoms with van der Waals surface area (Å²) in [5.74, 6) is -1.34. The van der Waals surface area contributed by atoms with Crippen LogP contribution >= 0.6 is 0 Å². The van der Waals surface area contributed by atoms with Crippen molar-refractivity contribution in [2.75, 3.05) is 13.1 Å². The van der Waals surface area contributed by atoms with Gasteiger partial charge in [-0.15, -0.1) is 0 Å². The quantitative estimate of drug-likeness (QED) is 0.933. The van der Waals surface area contributed by atoms with Crippen LogP contribution in [0.5, 0.6) is 0 Å². The van der Waals surface area contributed by atoms with Gasteiger partial charge in [0.15, 0.2) is 0 Å². The second kappa shape index (κ2) is 5.55. The molecule has 0 radical (unpaired) electrons. The van der Waals surface area contributed by atoms with Crippen LogP contribution < -0.4 is 0 Å². The Labute approximate surface area is 123 Å². The van der Waals surface area contributed by atoms with E-state index in [9.17, 15) is 9.59 Å². The third-order valence-corrected chi connectivity index (χ3v) is 2.94. The smallest absolute Gasteiger partial charge is 0.323 e. The van der Waals surface area contributed by atoms with Crippen molar-refractivity contribution in [1.82, 2.24) is 14.5 Å². The van der Waals surface area contributed by atoms with Crippen LogP contribution in [0.1, 0.15) is 31.1 Å². The molecule has 0 fully saturated rings. The Morgan fingerprint density at radius 1 is 1.33 bits per heavy atom. The van der Waals surface area contributed by atoms with E-state index in [2.05, 4.69) is 5.10 Å². The van der Waals surface area contributed by atoms with Gasteiger partial charge in [0.25, 0.3) is 5.91 Å². The van der Waals surface area contributed by atoms with Crippen molar-refractivity contribution < 1.29 is 14.7 Å². The van der Waals surface area contributed by atoms with E-state index in [1.54, 1.807) is 16.8 Å². The Morgan fingerprint density at radius 3 is 2.67 bits per heavy atom. The number of carboxylic acid groups (broad SMARTS) is 1. The highest BCUT2D eigenvalue weighted by atomic mass is 16.4. The molecule has 0 bridgehead atoms. The molecule has 1 N–H and O–H groups in total. The molecule has 2 heterocycles. The van der Waals surface area contributed by atoms with Gasteiger partial charge in [0.2, 0.25) is 0 Å². The molecule has 0 saturated heterocycles. The highest BCUT2D eigenvalue weighted by molar-refractivity contribution is 6.01. The average Bonchev–Trinajstić information content (AvgIpc) is 2.78. The lowest BCUT2D eigenvalue weighted by Crippen LogP contribution is -2.41. The number of fused-ring (bicyclic) bond motifs is 1. The van der Waals surface area contributed by atoms with Gasteiger partial charge in [-0.2, -0.15) is 5.10 Å². The predicted octanol–water partition coefficient (Wildman–Crippen LogP) is 1.91. The second-order valence-electron chi connectivity index (χ2n) is 6.20. The van der Waals surface area contributed by atoms with E-state index < -0.39 is 5.97 Å². The molecule has 1 amide bonds. The number of nitrogens with zero attached hydrogens (tertiary/aromatic N) is 3. The van der Waals surface area contributed by atoms with E-state index in [0.717, 1.165) is 0 Å². The third-order valence-electron chi connectivity index (χ3n) is 2.94. The van der Waals surface area contributed by atoms with Gasteiger partial charge in [-0.05, 0) is 17.5 Å². The zero-order valence-electron chi connectivity index (χ0n) is 12.4. The minimum atomic E-state index is -1.02. The maximum Gasteiger partial charge on any atom is 0.323 e. The third kappa shape index (κ3) is 3.59. The van der Waals surface area contributed by atoms with Crippen LogP contribution in [0.3, 0.4) is 0 Å². The van der Waals surface area contributed by atoms with Gasteiger partial charge in [-0.1, -0.05) is 26.8 Å². The zero-order valence-corrected chi connectivity index (χ0v) is 12.4. The lowest BCUT2D eigenvalue weighted by molar-refractivity contribution is -0.138. The molecule has 0 aromatic carbocycles. The highest BCUT2D eigenvalue weighted by Gasteiger charge is 2.26. The summed E-state index contributed by atoms with van der Waals surface area (Å²) in [7, 11) is 0. The molecule has 21 heavy (non-hydrogen) atoms. The van der Waals surface area contributed by atoms with E-state index in [-0.39, 0.29) is 17.9 Å². The summed E-state index contributed by atoms with van der Waals surface area (Å²) in [4.78, 5) is 25.0. The Bertz CT molecular complexity index is 670. The molecule has 112 valence electrons. The number of aromatic nitrogens is 2. The molecule has 0 aliphatic carbocycles. The molecule has 6 nitrogen and oxygen atoms in total. The summed E-state index contributed by atoms with van der Waals surface area (Å²) < 4.78 is 1.60. The highest BCUT2D eigenvalue weighted by Crippen LogP contribution is 2.19. The molecule has 6 heteroatoms. The van der Waals surface area contributed by atoms with E-state index >= 15 is 0 Å². The Kier molecular flexibility index (Phi) is 3.97. The SMILES string of the molecule is CC(C)(C)CN(CC(=O)O)C(=O)c1cnn2ccccc12. The second-order valence-corrected chi connectivity index (χ2v) is 6.20. The van der Waals surface area contributed by atoms with Crippen LogP contribution in [0.2, 0.25) is 0 Å². The molecule has 0 spiro atoms. The molecule has 0 unspecified atom stereocenters. The van der Waals surface area contributed by atoms with Crippen LogP contribution in [0, 0.1) is 5.41 Å². The number of pyridine rings is 1. The summed E-state index contributed by atoms with van der Waals surface area (Å²) in [6, 6.07) is 5.42. The van der Waals surface area contributed by atoms with Crippen LogP contribution in [0.25, 0.3) is 5.52 Å². The minimum Gasteiger partial charge on any atom is -0.480 e. The number of amides is 1. The number of carbonyl (C=O) groups is 2. The van der Waals surface area contributed by atoms with Crippen LogP contribution in [-0.4, -0.2) is 44.6 Å². The number of hydrogen-bond acceptors (Lipinski definition) is 3. The van der Waals surface area contributed by atoms with Crippen molar-refractivity contribution in [3.8, 4) is 0 Å². The van der Waals surface area contributed by atoms with Crippen molar-refractivity contribution in [2.24, 2.45) is 5.41 Å². The van der Waals surface area contributed by atoms with Gasteiger partial charge < -0.3 is 10.0 Å². The van der Waals surface area contributed by atoms with Gasteiger partial charge >= 0.3 is 5.97 Å². The maximum atomic E-state index is 12.6. The van der Waals surface area contributed by atoms with E-state index in [1.165, 1.54) is 11.1 Å². The molecule has 2 aromatic heterocycles. The molecular weight excluding hydrogens is 270 g/mol.